The molecule has 1 aliphatic heterocycles. The molecular weight excluding hydrogens is 220 g/mol. The Balaban J connectivity index is 1.79. The van der Waals surface area contributed by atoms with E-state index < -0.39 is 0 Å². The number of nitrogens with zero attached hydrogens (tertiary/aromatic N) is 1. The second-order valence-electron chi connectivity index (χ2n) is 5.25. The Hall–Kier alpha value is -0.860. The zero-order valence-corrected chi connectivity index (χ0v) is 11.6. The molecule has 1 saturated heterocycles. The van der Waals surface area contributed by atoms with E-state index in [2.05, 4.69) is 47.5 Å². The highest BCUT2D eigenvalue weighted by atomic mass is 15.2. The predicted octanol–water partition coefficient (Wildman–Crippen LogP) is 3.21. The van der Waals surface area contributed by atoms with Gasteiger partial charge in [-0.3, -0.25) is 0 Å². The van der Waals surface area contributed by atoms with Crippen LogP contribution in [0.25, 0.3) is 0 Å². The number of nitrogens with one attached hydrogen (secondary N) is 1. The lowest BCUT2D eigenvalue weighted by Gasteiger charge is -2.21. The first kappa shape index (κ1) is 13.6. The molecule has 2 heteroatoms. The highest BCUT2D eigenvalue weighted by Crippen LogP contribution is 2.17. The third kappa shape index (κ3) is 4.11. The molecule has 1 aromatic carbocycles. The molecule has 1 unspecified atom stereocenters. The molecule has 0 aliphatic carbocycles. The second-order valence-corrected chi connectivity index (χ2v) is 5.25. The number of likely N-dealkylation sites (tertiary alicyclic amines) is 1. The van der Waals surface area contributed by atoms with Crippen LogP contribution in [0.2, 0.25) is 0 Å². The fourth-order valence-corrected chi connectivity index (χ4v) is 2.76. The maximum atomic E-state index is 3.72. The maximum absolute atomic E-state index is 3.72. The van der Waals surface area contributed by atoms with E-state index in [0.717, 1.165) is 6.54 Å². The lowest BCUT2D eigenvalue weighted by molar-refractivity contribution is 0.325. The van der Waals surface area contributed by atoms with Gasteiger partial charge in [-0.05, 0) is 37.9 Å². The van der Waals surface area contributed by atoms with Crippen LogP contribution in [0.1, 0.15) is 44.2 Å². The monoisotopic (exact) mass is 246 g/mol. The van der Waals surface area contributed by atoms with Crippen molar-refractivity contribution in [1.82, 2.24) is 10.2 Å². The van der Waals surface area contributed by atoms with Crippen molar-refractivity contribution in [3.05, 3.63) is 35.9 Å². The van der Waals surface area contributed by atoms with Crippen LogP contribution in [-0.2, 0) is 0 Å². The summed E-state index contributed by atoms with van der Waals surface area (Å²) in [5, 5.41) is 3.72. The average Bonchev–Trinajstić information content (AvgIpc) is 2.92. The van der Waals surface area contributed by atoms with Crippen molar-refractivity contribution in [3.8, 4) is 0 Å². The Morgan fingerprint density at radius 1 is 1.17 bits per heavy atom. The Bertz CT molecular complexity index is 317. The summed E-state index contributed by atoms with van der Waals surface area (Å²) in [5.41, 5.74) is 1.43. The minimum atomic E-state index is 0.527. The third-order valence-electron chi connectivity index (χ3n) is 3.80. The first-order valence-electron chi connectivity index (χ1n) is 7.41. The largest absolute Gasteiger partial charge is 0.309 e. The van der Waals surface area contributed by atoms with Gasteiger partial charge in [-0.1, -0.05) is 43.7 Å². The minimum absolute atomic E-state index is 0.527. The van der Waals surface area contributed by atoms with Crippen LogP contribution >= 0.6 is 0 Å². The van der Waals surface area contributed by atoms with Gasteiger partial charge in [0.15, 0.2) is 0 Å². The lowest BCUT2D eigenvalue weighted by atomic mass is 10.0. The molecule has 18 heavy (non-hydrogen) atoms. The maximum Gasteiger partial charge on any atom is 0.0320 e. The fourth-order valence-electron chi connectivity index (χ4n) is 2.76. The number of rotatable bonds is 7. The van der Waals surface area contributed by atoms with Gasteiger partial charge < -0.3 is 10.2 Å². The van der Waals surface area contributed by atoms with Crippen LogP contribution in [-0.4, -0.2) is 31.1 Å². The van der Waals surface area contributed by atoms with E-state index in [9.17, 15) is 0 Å². The molecule has 1 aliphatic rings. The number of hydrogen-bond donors (Lipinski definition) is 1. The van der Waals surface area contributed by atoms with Gasteiger partial charge in [0.2, 0.25) is 0 Å². The van der Waals surface area contributed by atoms with Crippen molar-refractivity contribution in [1.29, 1.82) is 0 Å². The van der Waals surface area contributed by atoms with Crippen LogP contribution < -0.4 is 5.32 Å². The van der Waals surface area contributed by atoms with Gasteiger partial charge in [-0.25, -0.2) is 0 Å². The average molecular weight is 246 g/mol. The summed E-state index contributed by atoms with van der Waals surface area (Å²) < 4.78 is 0. The second kappa shape index (κ2) is 7.55. The summed E-state index contributed by atoms with van der Waals surface area (Å²) in [6.45, 7) is 7.17. The van der Waals surface area contributed by atoms with Gasteiger partial charge in [-0.15, -0.1) is 0 Å². The summed E-state index contributed by atoms with van der Waals surface area (Å²) in [5.74, 6) is 0. The quantitative estimate of drug-likeness (QED) is 0.794. The number of hydrogen-bond acceptors (Lipinski definition) is 2. The van der Waals surface area contributed by atoms with E-state index in [1.807, 2.05) is 0 Å². The summed E-state index contributed by atoms with van der Waals surface area (Å²) in [4.78, 5) is 2.57. The molecular formula is C16H26N2. The first-order chi connectivity index (χ1) is 8.90. The van der Waals surface area contributed by atoms with Crippen LogP contribution in [0, 0.1) is 0 Å². The van der Waals surface area contributed by atoms with E-state index in [1.54, 1.807) is 0 Å². The van der Waals surface area contributed by atoms with Crippen LogP contribution in [0.4, 0.5) is 0 Å². The Morgan fingerprint density at radius 2 is 1.89 bits per heavy atom. The zero-order chi connectivity index (χ0) is 12.6. The van der Waals surface area contributed by atoms with Crippen molar-refractivity contribution < 1.29 is 0 Å². The normalized spacial score (nSPS) is 18.1. The smallest absolute Gasteiger partial charge is 0.0320 e. The van der Waals surface area contributed by atoms with E-state index in [4.69, 9.17) is 0 Å². The molecule has 1 heterocycles. The molecule has 0 radical (unpaired) electrons. The fraction of sp³-hybridized carbons (Fsp3) is 0.625. The zero-order valence-electron chi connectivity index (χ0n) is 11.6. The SMILES string of the molecule is CCCC(NCCN1CCCC1)c1ccccc1. The van der Waals surface area contributed by atoms with Gasteiger partial charge in [0.25, 0.3) is 0 Å². The molecule has 100 valence electrons. The third-order valence-corrected chi connectivity index (χ3v) is 3.80. The van der Waals surface area contributed by atoms with Crippen molar-refractivity contribution in [2.45, 2.75) is 38.6 Å². The Kier molecular flexibility index (Phi) is 5.69. The van der Waals surface area contributed by atoms with Gasteiger partial charge in [-0.2, -0.15) is 0 Å². The van der Waals surface area contributed by atoms with Gasteiger partial charge in [0.05, 0.1) is 0 Å². The highest BCUT2D eigenvalue weighted by molar-refractivity contribution is 5.18. The molecule has 1 fully saturated rings. The van der Waals surface area contributed by atoms with Gasteiger partial charge in [0.1, 0.15) is 0 Å². The van der Waals surface area contributed by atoms with Crippen LogP contribution in [0.5, 0.6) is 0 Å². The Morgan fingerprint density at radius 3 is 2.56 bits per heavy atom. The van der Waals surface area contributed by atoms with E-state index >= 15 is 0 Å². The van der Waals surface area contributed by atoms with Crippen molar-refractivity contribution in [2.75, 3.05) is 26.2 Å². The lowest BCUT2D eigenvalue weighted by Crippen LogP contribution is -2.32. The van der Waals surface area contributed by atoms with Crippen molar-refractivity contribution >= 4 is 0 Å². The van der Waals surface area contributed by atoms with Crippen LogP contribution in [0.15, 0.2) is 30.3 Å². The summed E-state index contributed by atoms with van der Waals surface area (Å²) >= 11 is 0. The molecule has 0 amide bonds. The first-order valence-corrected chi connectivity index (χ1v) is 7.41. The standard InChI is InChI=1S/C16H26N2/c1-2-8-16(15-9-4-3-5-10-15)17-11-14-18-12-6-7-13-18/h3-5,9-10,16-17H,2,6-8,11-14H2,1H3. The molecule has 0 spiro atoms. The topological polar surface area (TPSA) is 15.3 Å². The summed E-state index contributed by atoms with van der Waals surface area (Å²) in [7, 11) is 0. The van der Waals surface area contributed by atoms with Crippen molar-refractivity contribution in [3.63, 3.8) is 0 Å². The molecule has 0 saturated carbocycles. The van der Waals surface area contributed by atoms with E-state index in [-0.39, 0.29) is 0 Å². The highest BCUT2D eigenvalue weighted by Gasteiger charge is 2.13. The van der Waals surface area contributed by atoms with Crippen LogP contribution in [0.3, 0.4) is 0 Å². The van der Waals surface area contributed by atoms with E-state index in [1.165, 1.54) is 50.9 Å². The molecule has 1 aromatic rings. The summed E-state index contributed by atoms with van der Waals surface area (Å²) in [6.07, 6.45) is 5.23. The summed E-state index contributed by atoms with van der Waals surface area (Å²) in [6, 6.07) is 11.4. The van der Waals surface area contributed by atoms with Gasteiger partial charge >= 0.3 is 0 Å². The van der Waals surface area contributed by atoms with E-state index in [0.29, 0.717) is 6.04 Å². The predicted molar refractivity (Wildman–Crippen MR) is 77.8 cm³/mol. The molecule has 0 bridgehead atoms. The molecule has 1 N–H and O–H groups in total. The molecule has 2 nitrogen and oxygen atoms in total. The molecule has 0 aromatic heterocycles. The minimum Gasteiger partial charge on any atom is -0.309 e. The number of benzene rings is 1. The van der Waals surface area contributed by atoms with Crippen molar-refractivity contribution in [2.24, 2.45) is 0 Å². The van der Waals surface area contributed by atoms with Gasteiger partial charge in [0, 0.05) is 19.1 Å². The molecule has 1 atom stereocenters. The Labute approximate surface area is 111 Å². The molecule has 2 rings (SSSR count).